The molecule has 8 nitrogen and oxygen atoms in total. The fraction of sp³-hybridized carbons (Fsp3) is 0.158. The van der Waals surface area contributed by atoms with Crippen molar-refractivity contribution in [3.63, 3.8) is 0 Å². The Morgan fingerprint density at radius 1 is 1.10 bits per heavy atom. The van der Waals surface area contributed by atoms with Crippen LogP contribution in [0.15, 0.2) is 53.7 Å². The number of aromatic nitrogens is 3. The summed E-state index contributed by atoms with van der Waals surface area (Å²) in [5.41, 5.74) is 1.72. The molecular weight excluding hydrogens is 395 g/mol. The summed E-state index contributed by atoms with van der Waals surface area (Å²) in [7, 11) is 0. The maximum Gasteiger partial charge on any atom is 0.237 e. The molecule has 0 aliphatic carbocycles. The lowest BCUT2D eigenvalue weighted by Crippen LogP contribution is -2.23. The molecule has 2 aromatic carbocycles. The van der Waals surface area contributed by atoms with Gasteiger partial charge in [0.15, 0.2) is 5.82 Å². The van der Waals surface area contributed by atoms with Gasteiger partial charge >= 0.3 is 0 Å². The summed E-state index contributed by atoms with van der Waals surface area (Å²) in [6.07, 6.45) is 0. The number of nitrogens with zero attached hydrogens (tertiary/aromatic N) is 3. The van der Waals surface area contributed by atoms with Gasteiger partial charge in [0, 0.05) is 23.9 Å². The molecule has 0 saturated heterocycles. The zero-order chi connectivity index (χ0) is 21.0. The molecule has 3 rings (SSSR count). The summed E-state index contributed by atoms with van der Waals surface area (Å²) in [6.45, 7) is 3.13. The molecule has 150 valence electrons. The number of thioether (sulfide) groups is 1. The average molecular weight is 414 g/mol. The predicted octanol–water partition coefficient (Wildman–Crippen LogP) is 2.88. The Hall–Kier alpha value is -3.40. The van der Waals surface area contributed by atoms with E-state index in [1.165, 1.54) is 23.7 Å². The predicted molar refractivity (Wildman–Crippen MR) is 110 cm³/mol. The van der Waals surface area contributed by atoms with Crippen LogP contribution in [0.4, 0.5) is 15.8 Å². The Morgan fingerprint density at radius 3 is 2.38 bits per heavy atom. The van der Waals surface area contributed by atoms with Crippen LogP contribution in [-0.2, 0) is 9.59 Å². The van der Waals surface area contributed by atoms with Crippen molar-refractivity contribution in [2.24, 2.45) is 0 Å². The van der Waals surface area contributed by atoms with Gasteiger partial charge in [-0.3, -0.25) is 9.59 Å². The highest BCUT2D eigenvalue weighted by Crippen LogP contribution is 2.26. The van der Waals surface area contributed by atoms with Crippen molar-refractivity contribution in [2.75, 3.05) is 16.5 Å². The molecule has 1 heterocycles. The maximum atomic E-state index is 13.4. The van der Waals surface area contributed by atoms with E-state index in [9.17, 15) is 14.0 Å². The lowest BCUT2D eigenvalue weighted by atomic mass is 10.2. The smallest absolute Gasteiger partial charge is 0.237 e. The van der Waals surface area contributed by atoms with Crippen LogP contribution in [0.25, 0.3) is 11.4 Å². The number of benzene rings is 2. The molecule has 10 heteroatoms. The number of nitrogen functional groups attached to an aromatic ring is 1. The highest BCUT2D eigenvalue weighted by atomic mass is 32.2. The fourth-order valence-corrected chi connectivity index (χ4v) is 3.25. The maximum absolute atomic E-state index is 13.4. The van der Waals surface area contributed by atoms with Crippen molar-refractivity contribution < 1.29 is 14.0 Å². The molecule has 3 aromatic rings. The first-order chi connectivity index (χ1) is 13.8. The van der Waals surface area contributed by atoms with Crippen molar-refractivity contribution in [1.82, 2.24) is 14.9 Å². The lowest BCUT2D eigenvalue weighted by molar-refractivity contribution is -0.115. The molecule has 0 radical (unpaired) electrons. The minimum atomic E-state index is -0.517. The summed E-state index contributed by atoms with van der Waals surface area (Å²) in [4.78, 5) is 23.5. The van der Waals surface area contributed by atoms with Crippen LogP contribution in [0.1, 0.15) is 13.8 Å². The van der Waals surface area contributed by atoms with Gasteiger partial charge in [-0.15, -0.1) is 10.2 Å². The number of nitrogens with two attached hydrogens (primary N) is 1. The van der Waals surface area contributed by atoms with E-state index in [4.69, 9.17) is 5.84 Å². The first kappa shape index (κ1) is 20.3. The molecule has 0 unspecified atom stereocenters. The summed E-state index contributed by atoms with van der Waals surface area (Å²) in [6, 6.07) is 12.6. The number of carbonyl (C=O) groups is 2. The van der Waals surface area contributed by atoms with E-state index in [0.717, 1.165) is 11.8 Å². The molecule has 0 spiro atoms. The van der Waals surface area contributed by atoms with E-state index < -0.39 is 11.1 Å². The summed E-state index contributed by atoms with van der Waals surface area (Å²) in [5.74, 6) is 5.50. The Balaban J connectivity index is 1.65. The van der Waals surface area contributed by atoms with Crippen molar-refractivity contribution in [3.05, 3.63) is 54.3 Å². The number of rotatable bonds is 6. The molecule has 1 aromatic heterocycles. The van der Waals surface area contributed by atoms with Gasteiger partial charge in [-0.1, -0.05) is 23.9 Å². The molecule has 29 heavy (non-hydrogen) atoms. The monoisotopic (exact) mass is 414 g/mol. The molecule has 0 saturated carbocycles. The number of hydrogen-bond donors (Lipinski definition) is 3. The minimum Gasteiger partial charge on any atom is -0.335 e. The van der Waals surface area contributed by atoms with Gasteiger partial charge in [-0.2, -0.15) is 0 Å². The zero-order valence-electron chi connectivity index (χ0n) is 15.7. The van der Waals surface area contributed by atoms with Crippen LogP contribution in [0.2, 0.25) is 0 Å². The van der Waals surface area contributed by atoms with Gasteiger partial charge in [0.2, 0.25) is 17.0 Å². The average Bonchev–Trinajstić information content (AvgIpc) is 3.03. The van der Waals surface area contributed by atoms with Crippen molar-refractivity contribution in [3.8, 4) is 11.4 Å². The first-order valence-corrected chi connectivity index (χ1v) is 9.53. The summed E-state index contributed by atoms with van der Waals surface area (Å²) in [5, 5.41) is 13.2. The van der Waals surface area contributed by atoms with E-state index in [1.807, 2.05) is 0 Å². The molecule has 0 aliphatic rings. The van der Waals surface area contributed by atoms with Crippen LogP contribution >= 0.6 is 11.8 Å². The second-order valence-corrected chi connectivity index (χ2v) is 7.50. The third-order valence-electron chi connectivity index (χ3n) is 3.87. The van der Waals surface area contributed by atoms with Gasteiger partial charge in [0.05, 0.1) is 5.25 Å². The number of amides is 2. The quantitative estimate of drug-likeness (QED) is 0.422. The molecule has 0 fully saturated rings. The molecule has 2 amide bonds. The highest BCUT2D eigenvalue weighted by Gasteiger charge is 2.20. The lowest BCUT2D eigenvalue weighted by Gasteiger charge is -2.12. The Labute approximate surface area is 170 Å². The SMILES string of the molecule is CC(=O)Nc1ccc(NC(=O)[C@H](C)Sc2nnc(-c3cccc(F)c3)n2N)cc1. The largest absolute Gasteiger partial charge is 0.335 e. The molecule has 0 bridgehead atoms. The van der Waals surface area contributed by atoms with Gasteiger partial charge in [-0.05, 0) is 43.3 Å². The Kier molecular flexibility index (Phi) is 6.13. The second-order valence-electron chi connectivity index (χ2n) is 6.19. The van der Waals surface area contributed by atoms with Gasteiger partial charge < -0.3 is 16.5 Å². The van der Waals surface area contributed by atoms with Crippen molar-refractivity contribution >= 4 is 35.0 Å². The number of anilines is 2. The fourth-order valence-electron chi connectivity index (χ4n) is 2.48. The summed E-state index contributed by atoms with van der Waals surface area (Å²) < 4.78 is 14.7. The Bertz CT molecular complexity index is 1040. The third kappa shape index (κ3) is 5.11. The third-order valence-corrected chi connectivity index (χ3v) is 4.93. The second kappa shape index (κ2) is 8.74. The first-order valence-electron chi connectivity index (χ1n) is 8.65. The minimum absolute atomic E-state index is 0.171. The number of carbonyl (C=O) groups excluding carboxylic acids is 2. The number of hydrogen-bond acceptors (Lipinski definition) is 6. The van der Waals surface area contributed by atoms with Gasteiger partial charge in [0.25, 0.3) is 0 Å². The normalized spacial score (nSPS) is 11.7. The summed E-state index contributed by atoms with van der Waals surface area (Å²) >= 11 is 1.13. The van der Waals surface area contributed by atoms with Crippen molar-refractivity contribution in [1.29, 1.82) is 0 Å². The van der Waals surface area contributed by atoms with Crippen LogP contribution in [0.3, 0.4) is 0 Å². The highest BCUT2D eigenvalue weighted by molar-refractivity contribution is 8.00. The Morgan fingerprint density at radius 2 is 1.76 bits per heavy atom. The van der Waals surface area contributed by atoms with Crippen LogP contribution in [0.5, 0.6) is 0 Å². The van der Waals surface area contributed by atoms with E-state index >= 15 is 0 Å². The molecular formula is C19H19FN6O2S. The van der Waals surface area contributed by atoms with Gasteiger partial charge in [0.1, 0.15) is 5.82 Å². The van der Waals surface area contributed by atoms with E-state index in [0.29, 0.717) is 27.9 Å². The van der Waals surface area contributed by atoms with E-state index in [2.05, 4.69) is 20.8 Å². The topological polar surface area (TPSA) is 115 Å². The molecule has 4 N–H and O–H groups in total. The molecule has 0 aliphatic heterocycles. The standard InChI is InChI=1S/C19H19FN6O2S/c1-11(18(28)23-16-8-6-15(7-9-16)22-12(2)27)29-19-25-24-17(26(19)21)13-4-3-5-14(20)10-13/h3-11H,21H2,1-2H3,(H,22,27)(H,23,28)/t11-/m0/s1. The van der Waals surface area contributed by atoms with Gasteiger partial charge in [-0.25, -0.2) is 9.07 Å². The molecule has 1 atom stereocenters. The zero-order valence-corrected chi connectivity index (χ0v) is 16.5. The van der Waals surface area contributed by atoms with Crippen LogP contribution in [0, 0.1) is 5.82 Å². The van der Waals surface area contributed by atoms with E-state index in [-0.39, 0.29) is 11.8 Å². The van der Waals surface area contributed by atoms with Crippen LogP contribution in [-0.4, -0.2) is 31.9 Å². The van der Waals surface area contributed by atoms with E-state index in [1.54, 1.807) is 43.3 Å². The van der Waals surface area contributed by atoms with Crippen LogP contribution < -0.4 is 16.5 Å². The number of halogens is 1. The number of nitrogens with one attached hydrogen (secondary N) is 2. The van der Waals surface area contributed by atoms with Crippen molar-refractivity contribution in [2.45, 2.75) is 24.3 Å².